The van der Waals surface area contributed by atoms with Gasteiger partial charge in [-0.25, -0.2) is 0 Å². The average Bonchev–Trinajstić information content (AvgIpc) is 2.26. The highest BCUT2D eigenvalue weighted by molar-refractivity contribution is 5.95. The number of hydrogen-bond acceptors (Lipinski definition) is 2. The molecule has 2 aliphatic heterocycles. The van der Waals surface area contributed by atoms with Crippen LogP contribution in [0.5, 0.6) is 0 Å². The molecule has 6 heteroatoms. The van der Waals surface area contributed by atoms with Crippen LogP contribution in [-0.2, 0) is 16.0 Å². The zero-order valence-corrected chi connectivity index (χ0v) is 9.25. The third kappa shape index (κ3) is 1.77. The Labute approximate surface area is 101 Å². The van der Waals surface area contributed by atoms with Gasteiger partial charge in [0, 0.05) is 17.7 Å². The van der Waals surface area contributed by atoms with E-state index in [1.54, 1.807) is 6.07 Å². The normalized spacial score (nSPS) is 25.1. The molecule has 2 atom stereocenters. The molecule has 1 aliphatic carbocycles. The molecule has 3 nitrogen and oxygen atoms in total. The summed E-state index contributed by atoms with van der Waals surface area (Å²) in [4.78, 5) is 11.0. The molecule has 1 saturated heterocycles. The topological polar surface area (TPSA) is 38.3 Å². The maximum absolute atomic E-state index is 12.2. The monoisotopic (exact) mass is 257 g/mol. The zero-order valence-electron chi connectivity index (χ0n) is 9.25. The molecule has 0 aromatic heterocycles. The van der Waals surface area contributed by atoms with Crippen molar-refractivity contribution < 1.29 is 22.7 Å². The lowest BCUT2D eigenvalue weighted by Crippen LogP contribution is -2.39. The molecule has 1 N–H and O–H groups in total. The Balaban J connectivity index is 1.92. The Morgan fingerprint density at radius 2 is 2.11 bits per heavy atom. The summed E-state index contributed by atoms with van der Waals surface area (Å²) in [6, 6.07) is 4.99. The molecule has 1 aromatic carbocycles. The minimum atomic E-state index is -4.87. The van der Waals surface area contributed by atoms with E-state index in [-0.39, 0.29) is 17.9 Å². The predicted molar refractivity (Wildman–Crippen MR) is 57.1 cm³/mol. The maximum Gasteiger partial charge on any atom is 0.471 e. The molecule has 96 valence electrons. The second-order valence-electron chi connectivity index (χ2n) is 4.52. The van der Waals surface area contributed by atoms with Crippen molar-refractivity contribution in [2.45, 2.75) is 31.2 Å². The molecule has 1 aromatic rings. The maximum atomic E-state index is 12.2. The largest absolute Gasteiger partial charge is 0.471 e. The van der Waals surface area contributed by atoms with Gasteiger partial charge in [0.25, 0.3) is 0 Å². The number of nitrogens with one attached hydrogen (secondary N) is 1. The van der Waals surface area contributed by atoms with Crippen molar-refractivity contribution >= 4 is 11.6 Å². The number of hydrogen-bond donors (Lipinski definition) is 1. The molecule has 2 bridgehead atoms. The van der Waals surface area contributed by atoms with Crippen molar-refractivity contribution in [2.75, 3.05) is 5.32 Å². The summed E-state index contributed by atoms with van der Waals surface area (Å²) >= 11 is 0. The first kappa shape index (κ1) is 11.5. The van der Waals surface area contributed by atoms with E-state index in [4.69, 9.17) is 4.74 Å². The van der Waals surface area contributed by atoms with Crippen LogP contribution in [0.25, 0.3) is 0 Å². The summed E-state index contributed by atoms with van der Waals surface area (Å²) in [7, 11) is 0. The van der Waals surface area contributed by atoms with E-state index in [0.29, 0.717) is 12.0 Å². The first-order valence-electron chi connectivity index (χ1n) is 5.60. The lowest BCUT2D eigenvalue weighted by molar-refractivity contribution is -0.167. The molecular weight excluding hydrogens is 247 g/mol. The summed E-state index contributed by atoms with van der Waals surface area (Å²) in [6.07, 6.45) is -3.37. The standard InChI is InChI=1S/C12H10F3NO2/c13-12(14,15)11(17)16-8-3-1-2-6-4-7-5-9(18-7)10(6)8/h1-3,7,9H,4-5H2,(H,16,17). The molecule has 3 aliphatic rings. The number of halogens is 3. The molecule has 0 radical (unpaired) electrons. The number of amides is 1. The predicted octanol–water partition coefficient (Wildman–Crippen LogP) is 2.57. The van der Waals surface area contributed by atoms with Gasteiger partial charge >= 0.3 is 12.1 Å². The fraction of sp³-hybridized carbons (Fsp3) is 0.417. The highest BCUT2D eigenvalue weighted by Crippen LogP contribution is 2.46. The lowest BCUT2D eigenvalue weighted by atomic mass is 9.82. The van der Waals surface area contributed by atoms with Gasteiger partial charge in [-0.2, -0.15) is 13.2 Å². The van der Waals surface area contributed by atoms with E-state index in [0.717, 1.165) is 12.0 Å². The Kier molecular flexibility index (Phi) is 2.38. The molecule has 2 heterocycles. The van der Waals surface area contributed by atoms with Crippen LogP contribution in [0.1, 0.15) is 23.7 Å². The van der Waals surface area contributed by atoms with Gasteiger partial charge in [0.15, 0.2) is 0 Å². The Hall–Kier alpha value is -1.56. The summed E-state index contributed by atoms with van der Waals surface area (Å²) in [6.45, 7) is 0. The fourth-order valence-corrected chi connectivity index (χ4v) is 2.50. The number of benzene rings is 1. The number of rotatable bonds is 1. The van der Waals surface area contributed by atoms with E-state index >= 15 is 0 Å². The Bertz CT molecular complexity index is 507. The van der Waals surface area contributed by atoms with Crippen molar-refractivity contribution in [1.29, 1.82) is 0 Å². The summed E-state index contributed by atoms with van der Waals surface area (Å²) in [5.41, 5.74) is 1.86. The number of carbonyl (C=O) groups is 1. The van der Waals surface area contributed by atoms with Crippen LogP contribution in [0.4, 0.5) is 18.9 Å². The van der Waals surface area contributed by atoms with Crippen molar-refractivity contribution in [2.24, 2.45) is 0 Å². The van der Waals surface area contributed by atoms with E-state index in [1.807, 2.05) is 11.4 Å². The fourth-order valence-electron chi connectivity index (χ4n) is 2.50. The van der Waals surface area contributed by atoms with Crippen LogP contribution < -0.4 is 5.32 Å². The van der Waals surface area contributed by atoms with Crippen LogP contribution in [0.2, 0.25) is 0 Å². The molecule has 18 heavy (non-hydrogen) atoms. The number of ether oxygens (including phenoxy) is 1. The molecule has 2 unspecified atom stereocenters. The summed E-state index contributed by atoms with van der Waals surface area (Å²) in [5, 5.41) is 1.92. The van der Waals surface area contributed by atoms with Crippen molar-refractivity contribution in [3.8, 4) is 0 Å². The van der Waals surface area contributed by atoms with Crippen molar-refractivity contribution in [3.63, 3.8) is 0 Å². The van der Waals surface area contributed by atoms with Crippen LogP contribution in [0.3, 0.4) is 0 Å². The van der Waals surface area contributed by atoms with E-state index in [1.165, 1.54) is 6.07 Å². The molecule has 1 fully saturated rings. The van der Waals surface area contributed by atoms with Gasteiger partial charge in [-0.3, -0.25) is 4.79 Å². The van der Waals surface area contributed by atoms with Gasteiger partial charge in [0.05, 0.1) is 12.2 Å². The van der Waals surface area contributed by atoms with Gasteiger partial charge in [0.1, 0.15) is 0 Å². The quantitative estimate of drug-likeness (QED) is 0.839. The van der Waals surface area contributed by atoms with Crippen molar-refractivity contribution in [1.82, 2.24) is 0 Å². The Morgan fingerprint density at radius 1 is 1.39 bits per heavy atom. The van der Waals surface area contributed by atoms with Crippen LogP contribution in [0, 0.1) is 0 Å². The highest BCUT2D eigenvalue weighted by atomic mass is 19.4. The van der Waals surface area contributed by atoms with Gasteiger partial charge in [-0.05, 0) is 18.1 Å². The second kappa shape index (κ2) is 3.71. The van der Waals surface area contributed by atoms with Crippen LogP contribution in [-0.4, -0.2) is 18.2 Å². The minimum Gasteiger partial charge on any atom is -0.370 e. The molecule has 0 spiro atoms. The highest BCUT2D eigenvalue weighted by Gasteiger charge is 2.42. The molecule has 4 rings (SSSR count). The van der Waals surface area contributed by atoms with Crippen LogP contribution in [0.15, 0.2) is 18.2 Å². The number of carbonyl (C=O) groups excluding carboxylic acids is 1. The average molecular weight is 257 g/mol. The van der Waals surface area contributed by atoms with Gasteiger partial charge in [-0.1, -0.05) is 12.1 Å². The zero-order chi connectivity index (χ0) is 12.9. The van der Waals surface area contributed by atoms with Crippen LogP contribution >= 0.6 is 0 Å². The molecular formula is C12H10F3NO2. The Morgan fingerprint density at radius 3 is 2.78 bits per heavy atom. The van der Waals surface area contributed by atoms with Crippen molar-refractivity contribution in [3.05, 3.63) is 29.3 Å². The first-order valence-corrected chi connectivity index (χ1v) is 5.60. The third-order valence-electron chi connectivity index (χ3n) is 3.31. The summed E-state index contributed by atoms with van der Waals surface area (Å²) < 4.78 is 42.2. The molecule has 0 saturated carbocycles. The van der Waals surface area contributed by atoms with Gasteiger partial charge < -0.3 is 10.1 Å². The molecule has 1 amide bonds. The van der Waals surface area contributed by atoms with Gasteiger partial charge in [-0.15, -0.1) is 0 Å². The number of anilines is 1. The minimum absolute atomic E-state index is 0.177. The first-order chi connectivity index (χ1) is 8.45. The smallest absolute Gasteiger partial charge is 0.370 e. The van der Waals surface area contributed by atoms with E-state index in [9.17, 15) is 18.0 Å². The third-order valence-corrected chi connectivity index (χ3v) is 3.31. The SMILES string of the molecule is O=C(Nc1cccc2c1C1CC(C2)O1)C(F)(F)F. The summed E-state index contributed by atoms with van der Waals surface area (Å²) in [5.74, 6) is -1.95. The van der Waals surface area contributed by atoms with E-state index < -0.39 is 12.1 Å². The van der Waals surface area contributed by atoms with Gasteiger partial charge in [0.2, 0.25) is 0 Å². The number of alkyl halides is 3. The second-order valence-corrected chi connectivity index (χ2v) is 4.52. The lowest BCUT2D eigenvalue weighted by Gasteiger charge is -2.43. The van der Waals surface area contributed by atoms with E-state index in [2.05, 4.69) is 0 Å².